The predicted octanol–water partition coefficient (Wildman–Crippen LogP) is 2.38. The van der Waals surface area contributed by atoms with Gasteiger partial charge < -0.3 is 15.2 Å². The summed E-state index contributed by atoms with van der Waals surface area (Å²) in [5.74, 6) is 0. The largest absolute Gasteiger partial charge is 0.361 e. The smallest absolute Gasteiger partial charge is 0.0457 e. The number of hydrogen-bond acceptors (Lipinski definition) is 2. The van der Waals surface area contributed by atoms with Crippen molar-refractivity contribution in [3.63, 3.8) is 0 Å². The van der Waals surface area contributed by atoms with E-state index in [-0.39, 0.29) is 0 Å². The van der Waals surface area contributed by atoms with Crippen molar-refractivity contribution in [2.45, 2.75) is 6.42 Å². The van der Waals surface area contributed by atoms with Crippen LogP contribution < -0.4 is 5.32 Å². The van der Waals surface area contributed by atoms with Crippen molar-refractivity contribution < 1.29 is 0 Å². The van der Waals surface area contributed by atoms with Crippen molar-refractivity contribution in [1.29, 1.82) is 0 Å². The van der Waals surface area contributed by atoms with Crippen LogP contribution in [-0.2, 0) is 6.42 Å². The van der Waals surface area contributed by atoms with Crippen LogP contribution in [0.4, 0.5) is 0 Å². The molecule has 0 unspecified atom stereocenters. The van der Waals surface area contributed by atoms with Crippen molar-refractivity contribution in [2.75, 3.05) is 32.7 Å². The molecule has 96 valence electrons. The number of benzene rings is 1. The topological polar surface area (TPSA) is 31.1 Å². The molecule has 1 aromatic heterocycles. The number of piperazine rings is 1. The monoisotopic (exact) mass is 307 g/mol. The van der Waals surface area contributed by atoms with Gasteiger partial charge in [0.2, 0.25) is 0 Å². The Labute approximate surface area is 116 Å². The Bertz CT molecular complexity index is 529. The second kappa shape index (κ2) is 5.43. The van der Waals surface area contributed by atoms with Gasteiger partial charge in [0, 0.05) is 54.3 Å². The number of nitrogens with zero attached hydrogens (tertiary/aromatic N) is 1. The summed E-state index contributed by atoms with van der Waals surface area (Å²) in [6, 6.07) is 6.42. The summed E-state index contributed by atoms with van der Waals surface area (Å²) in [6.45, 7) is 5.75. The highest BCUT2D eigenvalue weighted by Crippen LogP contribution is 2.23. The van der Waals surface area contributed by atoms with Crippen molar-refractivity contribution >= 4 is 26.8 Å². The molecule has 4 heteroatoms. The lowest BCUT2D eigenvalue weighted by Crippen LogP contribution is -2.44. The average Bonchev–Trinajstić information content (AvgIpc) is 2.80. The normalized spacial score (nSPS) is 17.4. The van der Waals surface area contributed by atoms with E-state index in [1.165, 1.54) is 29.6 Å². The van der Waals surface area contributed by atoms with E-state index in [9.17, 15) is 0 Å². The van der Waals surface area contributed by atoms with Gasteiger partial charge in [-0.05, 0) is 30.2 Å². The molecule has 0 saturated carbocycles. The third-order valence-corrected chi connectivity index (χ3v) is 4.13. The van der Waals surface area contributed by atoms with Gasteiger partial charge in [-0.3, -0.25) is 0 Å². The molecule has 1 aromatic carbocycles. The Morgan fingerprint density at radius 1 is 1.22 bits per heavy atom. The molecule has 0 spiro atoms. The molecule has 0 atom stereocenters. The van der Waals surface area contributed by atoms with E-state index < -0.39 is 0 Å². The molecule has 2 N–H and O–H groups in total. The fourth-order valence-corrected chi connectivity index (χ4v) is 2.93. The average molecular weight is 308 g/mol. The van der Waals surface area contributed by atoms with Gasteiger partial charge in [0.05, 0.1) is 0 Å². The molecular weight excluding hydrogens is 290 g/mol. The molecule has 1 fully saturated rings. The number of halogens is 1. The van der Waals surface area contributed by atoms with E-state index in [4.69, 9.17) is 0 Å². The predicted molar refractivity (Wildman–Crippen MR) is 79.0 cm³/mol. The number of hydrogen-bond donors (Lipinski definition) is 2. The summed E-state index contributed by atoms with van der Waals surface area (Å²) in [5, 5.41) is 4.74. The minimum Gasteiger partial charge on any atom is -0.361 e. The van der Waals surface area contributed by atoms with Gasteiger partial charge in [-0.15, -0.1) is 0 Å². The van der Waals surface area contributed by atoms with E-state index in [0.29, 0.717) is 0 Å². The maximum atomic E-state index is 3.55. The van der Waals surface area contributed by atoms with Gasteiger partial charge in [-0.2, -0.15) is 0 Å². The number of rotatable bonds is 3. The number of nitrogens with one attached hydrogen (secondary N) is 2. The second-order valence-corrected chi connectivity index (χ2v) is 5.76. The van der Waals surface area contributed by atoms with Crippen molar-refractivity contribution in [3.8, 4) is 0 Å². The highest BCUT2D eigenvalue weighted by atomic mass is 79.9. The first-order valence-corrected chi connectivity index (χ1v) is 7.31. The zero-order valence-electron chi connectivity index (χ0n) is 10.4. The van der Waals surface area contributed by atoms with Crippen LogP contribution in [0.1, 0.15) is 5.56 Å². The van der Waals surface area contributed by atoms with Crippen LogP contribution in [0.3, 0.4) is 0 Å². The SMILES string of the molecule is Brc1ccc2[nH]cc(CCN3CCNCC3)c2c1. The van der Waals surface area contributed by atoms with Crippen molar-refractivity contribution in [2.24, 2.45) is 0 Å². The van der Waals surface area contributed by atoms with Crippen LogP contribution in [0.25, 0.3) is 10.9 Å². The quantitative estimate of drug-likeness (QED) is 0.912. The standard InChI is InChI=1S/C14H18BrN3/c15-12-1-2-14-13(9-12)11(10-17-14)3-6-18-7-4-16-5-8-18/h1-2,9-10,16-17H,3-8H2. The molecule has 1 aliphatic rings. The highest BCUT2D eigenvalue weighted by molar-refractivity contribution is 9.10. The zero-order chi connectivity index (χ0) is 12.4. The maximum Gasteiger partial charge on any atom is 0.0457 e. The number of H-pyrrole nitrogens is 1. The van der Waals surface area contributed by atoms with E-state index in [1.54, 1.807) is 0 Å². The van der Waals surface area contributed by atoms with Gasteiger partial charge in [-0.25, -0.2) is 0 Å². The van der Waals surface area contributed by atoms with Crippen molar-refractivity contribution in [3.05, 3.63) is 34.4 Å². The Morgan fingerprint density at radius 3 is 2.89 bits per heavy atom. The van der Waals surface area contributed by atoms with Gasteiger partial charge in [-0.1, -0.05) is 15.9 Å². The summed E-state index contributed by atoms with van der Waals surface area (Å²) in [5.41, 5.74) is 2.65. The lowest BCUT2D eigenvalue weighted by molar-refractivity contribution is 0.244. The molecule has 0 amide bonds. The summed E-state index contributed by atoms with van der Waals surface area (Å²) in [4.78, 5) is 5.89. The molecule has 1 saturated heterocycles. The van der Waals surface area contributed by atoms with E-state index >= 15 is 0 Å². The molecule has 0 bridgehead atoms. The first-order valence-electron chi connectivity index (χ1n) is 6.51. The molecule has 2 heterocycles. The molecular formula is C14H18BrN3. The Morgan fingerprint density at radius 2 is 2.06 bits per heavy atom. The van der Waals surface area contributed by atoms with E-state index in [1.807, 2.05) is 0 Å². The third-order valence-electron chi connectivity index (χ3n) is 3.64. The first kappa shape index (κ1) is 12.2. The maximum absolute atomic E-state index is 3.55. The Kier molecular flexibility index (Phi) is 3.68. The third kappa shape index (κ3) is 2.60. The minimum absolute atomic E-state index is 1.12. The van der Waals surface area contributed by atoms with Crippen LogP contribution in [0.15, 0.2) is 28.9 Å². The first-order chi connectivity index (χ1) is 8.83. The lowest BCUT2D eigenvalue weighted by Gasteiger charge is -2.26. The van der Waals surface area contributed by atoms with Crippen LogP contribution >= 0.6 is 15.9 Å². The molecule has 0 aliphatic carbocycles. The van der Waals surface area contributed by atoms with Crippen LogP contribution in [0.2, 0.25) is 0 Å². The fourth-order valence-electron chi connectivity index (χ4n) is 2.57. The second-order valence-electron chi connectivity index (χ2n) is 4.85. The molecule has 3 rings (SSSR count). The van der Waals surface area contributed by atoms with Crippen LogP contribution in [-0.4, -0.2) is 42.6 Å². The lowest BCUT2D eigenvalue weighted by atomic mass is 10.1. The number of aromatic nitrogens is 1. The van der Waals surface area contributed by atoms with Gasteiger partial charge in [0.25, 0.3) is 0 Å². The van der Waals surface area contributed by atoms with E-state index in [0.717, 1.165) is 30.5 Å². The molecule has 1 aliphatic heterocycles. The van der Waals surface area contributed by atoms with Crippen LogP contribution in [0.5, 0.6) is 0 Å². The molecule has 3 nitrogen and oxygen atoms in total. The fraction of sp³-hybridized carbons (Fsp3) is 0.429. The Balaban J connectivity index is 1.72. The number of fused-ring (bicyclic) bond motifs is 1. The van der Waals surface area contributed by atoms with Crippen molar-refractivity contribution in [1.82, 2.24) is 15.2 Å². The zero-order valence-corrected chi connectivity index (χ0v) is 12.0. The van der Waals surface area contributed by atoms with Gasteiger partial charge in [0.1, 0.15) is 0 Å². The van der Waals surface area contributed by atoms with Crippen LogP contribution in [0, 0.1) is 0 Å². The summed E-state index contributed by atoms with van der Waals surface area (Å²) >= 11 is 3.55. The molecule has 2 aromatic rings. The molecule has 18 heavy (non-hydrogen) atoms. The van der Waals surface area contributed by atoms with E-state index in [2.05, 4.69) is 55.5 Å². The number of aromatic amines is 1. The summed E-state index contributed by atoms with van der Waals surface area (Å²) in [7, 11) is 0. The summed E-state index contributed by atoms with van der Waals surface area (Å²) in [6.07, 6.45) is 3.27. The Hall–Kier alpha value is -0.840. The highest BCUT2D eigenvalue weighted by Gasteiger charge is 2.10. The molecule has 0 radical (unpaired) electrons. The minimum atomic E-state index is 1.12. The van der Waals surface area contributed by atoms with Gasteiger partial charge in [0.15, 0.2) is 0 Å². The van der Waals surface area contributed by atoms with Gasteiger partial charge >= 0.3 is 0 Å². The summed E-state index contributed by atoms with van der Waals surface area (Å²) < 4.78 is 1.15.